The van der Waals surface area contributed by atoms with Crippen LogP contribution in [0.5, 0.6) is 0 Å². The summed E-state index contributed by atoms with van der Waals surface area (Å²) in [5, 5.41) is 0. The van der Waals surface area contributed by atoms with E-state index in [1.54, 1.807) is 0 Å². The topological polar surface area (TPSA) is 78.9 Å². The van der Waals surface area contributed by atoms with E-state index < -0.39 is 6.10 Å². The Kier molecular flexibility index (Phi) is 60.7. The molecule has 6 nitrogen and oxygen atoms in total. The number of carbonyl (C=O) groups excluding carboxylic acids is 3. The lowest BCUT2D eigenvalue weighted by molar-refractivity contribution is -0.167. The lowest BCUT2D eigenvalue weighted by Crippen LogP contribution is -2.30. The molecule has 0 radical (unpaired) electrons. The molecule has 6 heteroatoms. The molecular weight excluding hydrogens is 925 g/mol. The molecule has 0 aliphatic heterocycles. The van der Waals surface area contributed by atoms with Crippen molar-refractivity contribution >= 4 is 17.9 Å². The molecule has 0 saturated carbocycles. The summed E-state index contributed by atoms with van der Waals surface area (Å²) in [6, 6.07) is 0. The second-order valence-corrected chi connectivity index (χ2v) is 21.6. The smallest absolute Gasteiger partial charge is 0.306 e. The Hall–Kier alpha value is -3.15. The number of allylic oxidation sites excluding steroid dienone is 12. The molecule has 0 bridgehead atoms. The summed E-state index contributed by atoms with van der Waals surface area (Å²) in [4.78, 5) is 38.1. The van der Waals surface area contributed by atoms with Crippen molar-refractivity contribution in [3.63, 3.8) is 0 Å². The average Bonchev–Trinajstić information content (AvgIpc) is 3.41. The quantitative estimate of drug-likeness (QED) is 0.0261. The predicted molar refractivity (Wildman–Crippen MR) is 325 cm³/mol. The highest BCUT2D eigenvalue weighted by Gasteiger charge is 2.19. The average molecular weight is 1050 g/mol. The summed E-state index contributed by atoms with van der Waals surface area (Å²) in [5.41, 5.74) is 0. The lowest BCUT2D eigenvalue weighted by atomic mass is 10.0. The molecule has 0 amide bonds. The maximum Gasteiger partial charge on any atom is 0.306 e. The van der Waals surface area contributed by atoms with Crippen molar-refractivity contribution < 1.29 is 28.6 Å². The molecule has 0 saturated heterocycles. The lowest BCUT2D eigenvalue weighted by Gasteiger charge is -2.18. The minimum Gasteiger partial charge on any atom is -0.462 e. The van der Waals surface area contributed by atoms with Crippen LogP contribution >= 0.6 is 0 Å². The zero-order valence-corrected chi connectivity index (χ0v) is 49.8. The molecule has 0 fully saturated rings. The minimum atomic E-state index is -0.773. The summed E-state index contributed by atoms with van der Waals surface area (Å²) >= 11 is 0. The standard InChI is InChI=1S/C69H122O6/c1-4-7-10-13-16-19-22-24-26-27-28-29-30-31-32-33-34-35-36-37-38-39-40-41-42-43-44-46-47-50-53-56-59-62-68(71)74-65-66(64-73-67(70)61-58-55-52-49-21-18-15-12-9-6-3)75-69(72)63-60-57-54-51-48-45-25-23-20-17-14-11-8-5-2/h7,10,12,15-16,19,24,26,28-29,31-32,66H,4-6,8-9,11,13-14,17-18,20-23,25,27,30,33-65H2,1-3H3/b10-7-,15-12-,19-16-,26-24-,29-28-,32-31-. The van der Waals surface area contributed by atoms with Gasteiger partial charge in [0.15, 0.2) is 6.10 Å². The SMILES string of the molecule is CC/C=C\C/C=C\C/C=C\C/C=C\C/C=C\CCCCCCCCCCCCCCCCCCCC(=O)OCC(COC(=O)CCCCCCC/C=C\CCC)OC(=O)CCCCCCCCCCCCCCCC. The number of hydrogen-bond acceptors (Lipinski definition) is 6. The van der Waals surface area contributed by atoms with Crippen LogP contribution in [-0.2, 0) is 28.6 Å². The van der Waals surface area contributed by atoms with Crippen LogP contribution < -0.4 is 0 Å². The molecule has 0 aliphatic carbocycles. The van der Waals surface area contributed by atoms with Crippen LogP contribution in [0.15, 0.2) is 72.9 Å². The van der Waals surface area contributed by atoms with Crippen molar-refractivity contribution in [3.8, 4) is 0 Å². The van der Waals surface area contributed by atoms with E-state index in [0.717, 1.165) is 103 Å². The van der Waals surface area contributed by atoms with Crippen LogP contribution in [0.4, 0.5) is 0 Å². The molecule has 434 valence electrons. The molecule has 0 aromatic heterocycles. The van der Waals surface area contributed by atoms with Crippen LogP contribution in [-0.4, -0.2) is 37.2 Å². The van der Waals surface area contributed by atoms with Gasteiger partial charge in [-0.05, 0) is 83.5 Å². The van der Waals surface area contributed by atoms with Gasteiger partial charge in [-0.2, -0.15) is 0 Å². The molecule has 0 heterocycles. The first-order valence-corrected chi connectivity index (χ1v) is 32.4. The van der Waals surface area contributed by atoms with Crippen LogP contribution in [0, 0.1) is 0 Å². The van der Waals surface area contributed by atoms with Crippen molar-refractivity contribution in [2.24, 2.45) is 0 Å². The third-order valence-corrected chi connectivity index (χ3v) is 14.2. The molecule has 1 unspecified atom stereocenters. The van der Waals surface area contributed by atoms with Gasteiger partial charge in [0.2, 0.25) is 0 Å². The largest absolute Gasteiger partial charge is 0.462 e. The van der Waals surface area contributed by atoms with E-state index in [1.165, 1.54) is 186 Å². The Morgan fingerprint density at radius 2 is 0.547 bits per heavy atom. The van der Waals surface area contributed by atoms with E-state index in [-0.39, 0.29) is 31.1 Å². The number of ether oxygens (including phenoxy) is 3. The van der Waals surface area contributed by atoms with Gasteiger partial charge in [-0.25, -0.2) is 0 Å². The maximum absolute atomic E-state index is 12.8. The van der Waals surface area contributed by atoms with Gasteiger partial charge < -0.3 is 14.2 Å². The molecule has 0 aliphatic rings. The number of hydrogen-bond donors (Lipinski definition) is 0. The van der Waals surface area contributed by atoms with Crippen LogP contribution in [0.1, 0.15) is 329 Å². The molecule has 0 aromatic carbocycles. The number of rotatable bonds is 59. The Bertz CT molecular complexity index is 1390. The minimum absolute atomic E-state index is 0.0727. The first-order chi connectivity index (χ1) is 37.0. The Morgan fingerprint density at radius 1 is 0.280 bits per heavy atom. The van der Waals surface area contributed by atoms with Crippen molar-refractivity contribution in [3.05, 3.63) is 72.9 Å². The Morgan fingerprint density at radius 3 is 0.880 bits per heavy atom. The van der Waals surface area contributed by atoms with Gasteiger partial charge in [0.25, 0.3) is 0 Å². The zero-order valence-electron chi connectivity index (χ0n) is 49.8. The van der Waals surface area contributed by atoms with E-state index >= 15 is 0 Å². The molecule has 75 heavy (non-hydrogen) atoms. The van der Waals surface area contributed by atoms with Gasteiger partial charge in [-0.3, -0.25) is 14.4 Å². The summed E-state index contributed by atoms with van der Waals surface area (Å²) in [7, 11) is 0. The molecule has 0 N–H and O–H groups in total. The van der Waals surface area contributed by atoms with Gasteiger partial charge in [0.1, 0.15) is 13.2 Å². The molecule has 0 aromatic rings. The first-order valence-electron chi connectivity index (χ1n) is 32.4. The van der Waals surface area contributed by atoms with Gasteiger partial charge in [0, 0.05) is 19.3 Å². The van der Waals surface area contributed by atoms with Gasteiger partial charge >= 0.3 is 17.9 Å². The highest BCUT2D eigenvalue weighted by atomic mass is 16.6. The Balaban J connectivity index is 4.06. The first kappa shape index (κ1) is 71.8. The van der Waals surface area contributed by atoms with E-state index in [4.69, 9.17) is 14.2 Å². The van der Waals surface area contributed by atoms with E-state index in [1.807, 2.05) is 0 Å². The Labute approximate surface area is 465 Å². The summed E-state index contributed by atoms with van der Waals surface area (Å²) in [5.74, 6) is -0.867. The fraction of sp³-hybridized carbons (Fsp3) is 0.783. The van der Waals surface area contributed by atoms with Gasteiger partial charge in [-0.1, -0.05) is 299 Å². The van der Waals surface area contributed by atoms with Crippen LogP contribution in [0.25, 0.3) is 0 Å². The van der Waals surface area contributed by atoms with Crippen LogP contribution in [0.3, 0.4) is 0 Å². The summed E-state index contributed by atoms with van der Waals surface area (Å²) in [6.07, 6.45) is 82.2. The van der Waals surface area contributed by atoms with Crippen molar-refractivity contribution in [1.82, 2.24) is 0 Å². The second-order valence-electron chi connectivity index (χ2n) is 21.6. The fourth-order valence-electron chi connectivity index (χ4n) is 9.36. The highest BCUT2D eigenvalue weighted by Crippen LogP contribution is 2.17. The highest BCUT2D eigenvalue weighted by molar-refractivity contribution is 5.71. The van der Waals surface area contributed by atoms with Gasteiger partial charge in [0.05, 0.1) is 0 Å². The number of unbranched alkanes of at least 4 members (excludes halogenated alkanes) is 36. The zero-order chi connectivity index (χ0) is 54.3. The summed E-state index contributed by atoms with van der Waals surface area (Å²) in [6.45, 7) is 6.49. The van der Waals surface area contributed by atoms with Crippen LogP contribution in [0.2, 0.25) is 0 Å². The number of esters is 3. The van der Waals surface area contributed by atoms with Gasteiger partial charge in [-0.15, -0.1) is 0 Å². The molecular formula is C69H122O6. The normalized spacial score (nSPS) is 12.5. The monoisotopic (exact) mass is 1050 g/mol. The third kappa shape index (κ3) is 61.6. The third-order valence-electron chi connectivity index (χ3n) is 14.2. The van der Waals surface area contributed by atoms with E-state index in [0.29, 0.717) is 19.3 Å². The van der Waals surface area contributed by atoms with Crippen molar-refractivity contribution in [2.75, 3.05) is 13.2 Å². The van der Waals surface area contributed by atoms with Crippen molar-refractivity contribution in [2.45, 2.75) is 335 Å². The van der Waals surface area contributed by atoms with E-state index in [9.17, 15) is 14.4 Å². The second kappa shape index (κ2) is 63.4. The molecule has 1 atom stereocenters. The maximum atomic E-state index is 12.8. The molecule has 0 spiro atoms. The predicted octanol–water partition coefficient (Wildman–Crippen LogP) is 22.1. The van der Waals surface area contributed by atoms with E-state index in [2.05, 4.69) is 93.7 Å². The fourth-order valence-corrected chi connectivity index (χ4v) is 9.36. The molecule has 0 rings (SSSR count). The summed E-state index contributed by atoms with van der Waals surface area (Å²) < 4.78 is 16.9. The number of carbonyl (C=O) groups is 3. The van der Waals surface area contributed by atoms with Crippen molar-refractivity contribution in [1.29, 1.82) is 0 Å².